The van der Waals surface area contributed by atoms with Gasteiger partial charge in [0.15, 0.2) is 0 Å². The quantitative estimate of drug-likeness (QED) is 0.444. The van der Waals surface area contributed by atoms with Gasteiger partial charge in [-0.05, 0) is 48.0 Å². The Balaban J connectivity index is 1.95. The van der Waals surface area contributed by atoms with Crippen molar-refractivity contribution in [2.24, 2.45) is 0 Å². The molecular weight excluding hydrogens is 375 g/mol. The Kier molecular flexibility index (Phi) is 4.80. The molecular formula is C23H16ClFN2O. The molecule has 1 aromatic heterocycles. The van der Waals surface area contributed by atoms with Gasteiger partial charge < -0.3 is 5.32 Å². The zero-order valence-electron chi connectivity index (χ0n) is 15.0. The summed E-state index contributed by atoms with van der Waals surface area (Å²) in [6.07, 6.45) is 0. The number of fused-ring (bicyclic) bond motifs is 1. The van der Waals surface area contributed by atoms with Gasteiger partial charge in [-0.2, -0.15) is 0 Å². The third-order valence-corrected chi connectivity index (χ3v) is 4.65. The second kappa shape index (κ2) is 7.41. The summed E-state index contributed by atoms with van der Waals surface area (Å²) >= 11 is 6.18. The third kappa shape index (κ3) is 3.59. The van der Waals surface area contributed by atoms with E-state index < -0.39 is 0 Å². The fraction of sp³-hybridized carbons (Fsp3) is 0.0435. The first-order valence-electron chi connectivity index (χ1n) is 8.74. The molecule has 1 N–H and O–H groups in total. The van der Waals surface area contributed by atoms with Crippen molar-refractivity contribution in [2.75, 3.05) is 5.32 Å². The summed E-state index contributed by atoms with van der Waals surface area (Å²) in [7, 11) is 0. The average Bonchev–Trinajstić information content (AvgIpc) is 2.67. The van der Waals surface area contributed by atoms with Crippen LogP contribution in [0, 0.1) is 5.82 Å². The number of amides is 1. The van der Waals surface area contributed by atoms with Gasteiger partial charge in [0, 0.05) is 34.1 Å². The molecule has 3 aromatic carbocycles. The summed E-state index contributed by atoms with van der Waals surface area (Å²) < 4.78 is 14.5. The molecule has 0 bridgehead atoms. The van der Waals surface area contributed by atoms with E-state index in [-0.39, 0.29) is 11.7 Å². The van der Waals surface area contributed by atoms with Gasteiger partial charge >= 0.3 is 0 Å². The van der Waals surface area contributed by atoms with Crippen LogP contribution < -0.4 is 5.32 Å². The molecule has 5 heteroatoms. The molecule has 0 fully saturated rings. The van der Waals surface area contributed by atoms with Crippen LogP contribution in [0.15, 0.2) is 72.8 Å². The van der Waals surface area contributed by atoms with E-state index >= 15 is 0 Å². The number of carbonyl (C=O) groups is 1. The molecule has 4 aromatic rings. The highest BCUT2D eigenvalue weighted by atomic mass is 35.5. The highest BCUT2D eigenvalue weighted by Crippen LogP contribution is 2.35. The Morgan fingerprint density at radius 1 is 0.964 bits per heavy atom. The molecule has 1 heterocycles. The number of hydrogen-bond acceptors (Lipinski definition) is 2. The van der Waals surface area contributed by atoms with E-state index in [4.69, 9.17) is 16.6 Å². The minimum atomic E-state index is -0.312. The van der Waals surface area contributed by atoms with Crippen molar-refractivity contribution in [1.82, 2.24) is 4.98 Å². The van der Waals surface area contributed by atoms with E-state index in [1.165, 1.54) is 13.0 Å². The second-order valence-corrected chi connectivity index (χ2v) is 6.89. The highest BCUT2D eigenvalue weighted by molar-refractivity contribution is 6.31. The van der Waals surface area contributed by atoms with Crippen LogP contribution in [-0.2, 0) is 4.79 Å². The second-order valence-electron chi connectivity index (χ2n) is 6.46. The summed E-state index contributed by atoms with van der Waals surface area (Å²) in [6.45, 7) is 1.46. The number of aromatic nitrogens is 1. The van der Waals surface area contributed by atoms with Gasteiger partial charge in [0.25, 0.3) is 0 Å². The number of halogens is 2. The lowest BCUT2D eigenvalue weighted by Crippen LogP contribution is -2.05. The van der Waals surface area contributed by atoms with E-state index in [2.05, 4.69) is 5.32 Å². The van der Waals surface area contributed by atoms with Crippen molar-refractivity contribution in [1.29, 1.82) is 0 Å². The maximum atomic E-state index is 14.5. The molecule has 0 atom stereocenters. The normalized spacial score (nSPS) is 10.8. The molecule has 0 saturated heterocycles. The number of nitrogens with one attached hydrogen (secondary N) is 1. The molecule has 1 amide bonds. The molecule has 0 aliphatic carbocycles. The molecule has 0 aliphatic rings. The topological polar surface area (TPSA) is 42.0 Å². The Morgan fingerprint density at radius 3 is 2.57 bits per heavy atom. The molecule has 3 nitrogen and oxygen atoms in total. The predicted octanol–water partition coefficient (Wildman–Crippen LogP) is 6.32. The molecule has 0 saturated carbocycles. The Labute approximate surface area is 166 Å². The Morgan fingerprint density at radius 2 is 1.79 bits per heavy atom. The summed E-state index contributed by atoms with van der Waals surface area (Å²) in [5, 5.41) is 4.11. The SMILES string of the molecule is CC(=O)Nc1cccc(-c2cc(-c3ccccc3F)c3cc(Cl)ccc3n2)c1. The number of anilines is 1. The number of pyridine rings is 1. The smallest absolute Gasteiger partial charge is 0.221 e. The summed E-state index contributed by atoms with van der Waals surface area (Å²) in [5.41, 5.74) is 4.09. The molecule has 0 unspecified atom stereocenters. The molecule has 0 spiro atoms. The van der Waals surface area contributed by atoms with Crippen molar-refractivity contribution < 1.29 is 9.18 Å². The van der Waals surface area contributed by atoms with Gasteiger partial charge in [0.2, 0.25) is 5.91 Å². The number of benzene rings is 3. The van der Waals surface area contributed by atoms with Gasteiger partial charge in [-0.25, -0.2) is 9.37 Å². The Hall–Kier alpha value is -3.24. The van der Waals surface area contributed by atoms with Crippen molar-refractivity contribution in [2.45, 2.75) is 6.92 Å². The highest BCUT2D eigenvalue weighted by Gasteiger charge is 2.13. The summed E-state index contributed by atoms with van der Waals surface area (Å²) in [5.74, 6) is -0.460. The third-order valence-electron chi connectivity index (χ3n) is 4.41. The monoisotopic (exact) mass is 390 g/mol. The van der Waals surface area contributed by atoms with Gasteiger partial charge in [-0.15, -0.1) is 0 Å². The largest absolute Gasteiger partial charge is 0.326 e. The lowest BCUT2D eigenvalue weighted by atomic mass is 9.98. The predicted molar refractivity (Wildman–Crippen MR) is 112 cm³/mol. The van der Waals surface area contributed by atoms with Crippen LogP contribution in [0.25, 0.3) is 33.3 Å². The van der Waals surface area contributed by atoms with Crippen LogP contribution >= 0.6 is 11.6 Å². The van der Waals surface area contributed by atoms with Crippen LogP contribution in [0.5, 0.6) is 0 Å². The summed E-state index contributed by atoms with van der Waals surface area (Å²) in [4.78, 5) is 16.1. The van der Waals surface area contributed by atoms with Crippen molar-refractivity contribution in [3.8, 4) is 22.4 Å². The van der Waals surface area contributed by atoms with Crippen molar-refractivity contribution in [3.05, 3.63) is 83.6 Å². The molecule has 138 valence electrons. The van der Waals surface area contributed by atoms with Crippen LogP contribution in [-0.4, -0.2) is 10.9 Å². The first-order chi connectivity index (χ1) is 13.5. The fourth-order valence-electron chi connectivity index (χ4n) is 3.21. The molecule has 0 aliphatic heterocycles. The zero-order valence-corrected chi connectivity index (χ0v) is 15.8. The van der Waals surface area contributed by atoms with Gasteiger partial charge in [0.05, 0.1) is 11.2 Å². The van der Waals surface area contributed by atoms with Gasteiger partial charge in [-0.3, -0.25) is 4.79 Å². The first kappa shape index (κ1) is 18.1. The minimum Gasteiger partial charge on any atom is -0.326 e. The van der Waals surface area contributed by atoms with Gasteiger partial charge in [-0.1, -0.05) is 41.9 Å². The molecule has 0 radical (unpaired) electrons. The van der Waals surface area contributed by atoms with Crippen LogP contribution in [0.4, 0.5) is 10.1 Å². The molecule has 4 rings (SSSR count). The standard InChI is InChI=1S/C23H16ClFN2O/c1-14(28)26-17-6-4-5-15(11-17)23-13-19(18-7-2-3-8-21(18)25)20-12-16(24)9-10-22(20)27-23/h2-13H,1H3,(H,26,28). The summed E-state index contributed by atoms with van der Waals surface area (Å²) in [6, 6.07) is 21.3. The van der Waals surface area contributed by atoms with E-state index in [0.29, 0.717) is 33.0 Å². The molecule has 28 heavy (non-hydrogen) atoms. The van der Waals surface area contributed by atoms with Crippen LogP contribution in [0.2, 0.25) is 5.02 Å². The number of nitrogens with zero attached hydrogens (tertiary/aromatic N) is 1. The number of rotatable bonds is 3. The lowest BCUT2D eigenvalue weighted by Gasteiger charge is -2.12. The number of hydrogen-bond donors (Lipinski definition) is 1. The fourth-order valence-corrected chi connectivity index (χ4v) is 3.38. The van der Waals surface area contributed by atoms with E-state index in [9.17, 15) is 9.18 Å². The van der Waals surface area contributed by atoms with E-state index in [0.717, 1.165) is 10.9 Å². The Bertz CT molecular complexity index is 1210. The van der Waals surface area contributed by atoms with Crippen LogP contribution in [0.1, 0.15) is 6.92 Å². The first-order valence-corrected chi connectivity index (χ1v) is 9.12. The van der Waals surface area contributed by atoms with Crippen LogP contribution in [0.3, 0.4) is 0 Å². The lowest BCUT2D eigenvalue weighted by molar-refractivity contribution is -0.114. The van der Waals surface area contributed by atoms with Gasteiger partial charge in [0.1, 0.15) is 5.82 Å². The average molecular weight is 391 g/mol. The zero-order chi connectivity index (χ0) is 19.7. The van der Waals surface area contributed by atoms with E-state index in [1.807, 2.05) is 36.4 Å². The number of carbonyl (C=O) groups excluding carboxylic acids is 1. The maximum absolute atomic E-state index is 14.5. The van der Waals surface area contributed by atoms with Crippen molar-refractivity contribution in [3.63, 3.8) is 0 Å². The minimum absolute atomic E-state index is 0.148. The van der Waals surface area contributed by atoms with Crippen molar-refractivity contribution >= 4 is 34.1 Å². The maximum Gasteiger partial charge on any atom is 0.221 e. The van der Waals surface area contributed by atoms with E-state index in [1.54, 1.807) is 30.3 Å².